The summed E-state index contributed by atoms with van der Waals surface area (Å²) in [7, 11) is 1.37. The summed E-state index contributed by atoms with van der Waals surface area (Å²) >= 11 is 2.86. The molecule has 0 atom stereocenters. The predicted molar refractivity (Wildman–Crippen MR) is 121 cm³/mol. The molecule has 4 rings (SSSR count). The van der Waals surface area contributed by atoms with Gasteiger partial charge in [0.2, 0.25) is 0 Å². The molecule has 3 aromatic rings. The van der Waals surface area contributed by atoms with Crippen molar-refractivity contribution < 1.29 is 9.53 Å². The minimum atomic E-state index is -0.335. The van der Waals surface area contributed by atoms with Crippen LogP contribution in [0.1, 0.15) is 29.9 Å². The van der Waals surface area contributed by atoms with Crippen molar-refractivity contribution in [2.75, 3.05) is 19.4 Å². The molecule has 0 amide bonds. The highest BCUT2D eigenvalue weighted by atomic mass is 32.2. The minimum absolute atomic E-state index is 0.0216. The van der Waals surface area contributed by atoms with Crippen LogP contribution in [-0.4, -0.2) is 45.9 Å². The van der Waals surface area contributed by atoms with E-state index >= 15 is 0 Å². The second-order valence-electron chi connectivity index (χ2n) is 7.63. The summed E-state index contributed by atoms with van der Waals surface area (Å²) in [6.07, 6.45) is 0.865. The van der Waals surface area contributed by atoms with Crippen molar-refractivity contribution in [3.8, 4) is 0 Å². The van der Waals surface area contributed by atoms with Crippen LogP contribution in [0.25, 0.3) is 10.2 Å². The SMILES string of the molecule is COC(=O)CSc1nc2sc3c(c2c(=O)n1Cc1ccccc1)CCN(C(C)C)C3. The molecule has 3 heterocycles. The fraction of sp³-hybridized carbons (Fsp3) is 0.409. The van der Waals surface area contributed by atoms with Gasteiger partial charge in [0.05, 0.1) is 24.8 Å². The monoisotopic (exact) mass is 443 g/mol. The first kappa shape index (κ1) is 21.1. The van der Waals surface area contributed by atoms with Crippen molar-refractivity contribution in [3.05, 3.63) is 56.7 Å². The maximum atomic E-state index is 13.6. The third-order valence-electron chi connectivity index (χ3n) is 5.42. The third-order valence-corrected chi connectivity index (χ3v) is 7.48. The Morgan fingerprint density at radius 3 is 2.77 bits per heavy atom. The highest BCUT2D eigenvalue weighted by Gasteiger charge is 2.26. The van der Waals surface area contributed by atoms with Crippen molar-refractivity contribution in [3.63, 3.8) is 0 Å². The van der Waals surface area contributed by atoms with Crippen LogP contribution in [0.3, 0.4) is 0 Å². The number of ether oxygens (including phenoxy) is 1. The number of hydrogen-bond acceptors (Lipinski definition) is 7. The topological polar surface area (TPSA) is 64.4 Å². The number of methoxy groups -OCH3 is 1. The van der Waals surface area contributed by atoms with Gasteiger partial charge in [-0.05, 0) is 31.4 Å². The molecule has 0 radical (unpaired) electrons. The minimum Gasteiger partial charge on any atom is -0.468 e. The highest BCUT2D eigenvalue weighted by Crippen LogP contribution is 2.34. The van der Waals surface area contributed by atoms with Crippen molar-refractivity contribution in [1.82, 2.24) is 14.5 Å². The average molecular weight is 444 g/mol. The fourth-order valence-electron chi connectivity index (χ4n) is 3.72. The number of rotatable bonds is 6. The summed E-state index contributed by atoms with van der Waals surface area (Å²) in [6.45, 7) is 6.63. The molecule has 0 aliphatic carbocycles. The predicted octanol–water partition coefficient (Wildman–Crippen LogP) is 3.54. The van der Waals surface area contributed by atoms with Crippen molar-refractivity contribution >= 4 is 39.3 Å². The molecular weight excluding hydrogens is 418 g/mol. The van der Waals surface area contributed by atoms with E-state index in [1.165, 1.54) is 23.7 Å². The quantitative estimate of drug-likeness (QED) is 0.330. The molecule has 0 fully saturated rings. The Labute approximate surface area is 183 Å². The highest BCUT2D eigenvalue weighted by molar-refractivity contribution is 7.99. The summed E-state index contributed by atoms with van der Waals surface area (Å²) in [6, 6.07) is 10.3. The second-order valence-corrected chi connectivity index (χ2v) is 9.66. The maximum Gasteiger partial charge on any atom is 0.316 e. The molecule has 6 nitrogen and oxygen atoms in total. The molecule has 1 aromatic carbocycles. The van der Waals surface area contributed by atoms with E-state index in [4.69, 9.17) is 9.72 Å². The van der Waals surface area contributed by atoms with Gasteiger partial charge in [-0.25, -0.2) is 4.98 Å². The van der Waals surface area contributed by atoms with Crippen LogP contribution in [0, 0.1) is 0 Å². The lowest BCUT2D eigenvalue weighted by Gasteiger charge is -2.30. The second kappa shape index (κ2) is 8.91. The molecule has 30 heavy (non-hydrogen) atoms. The number of thioether (sulfide) groups is 1. The number of carbonyl (C=O) groups is 1. The summed E-state index contributed by atoms with van der Waals surface area (Å²) in [5.41, 5.74) is 2.15. The molecule has 0 saturated carbocycles. The molecule has 1 aliphatic rings. The lowest BCUT2D eigenvalue weighted by atomic mass is 10.0. The van der Waals surface area contributed by atoms with E-state index in [1.54, 1.807) is 15.9 Å². The molecule has 8 heteroatoms. The van der Waals surface area contributed by atoms with E-state index < -0.39 is 0 Å². The van der Waals surface area contributed by atoms with E-state index in [0.717, 1.165) is 40.9 Å². The summed E-state index contributed by atoms with van der Waals surface area (Å²) in [5, 5.41) is 1.30. The fourth-order valence-corrected chi connectivity index (χ4v) is 5.83. The summed E-state index contributed by atoms with van der Waals surface area (Å²) < 4.78 is 6.47. The molecule has 0 saturated heterocycles. The Bertz CT molecular complexity index is 1120. The Morgan fingerprint density at radius 1 is 1.30 bits per heavy atom. The number of fused-ring (bicyclic) bond motifs is 3. The van der Waals surface area contributed by atoms with Crippen molar-refractivity contribution in [2.45, 2.75) is 44.6 Å². The zero-order valence-corrected chi connectivity index (χ0v) is 19.0. The molecule has 2 aromatic heterocycles. The zero-order chi connectivity index (χ0) is 21.3. The van der Waals surface area contributed by atoms with Gasteiger partial charge >= 0.3 is 5.97 Å². The van der Waals surface area contributed by atoms with Gasteiger partial charge in [-0.1, -0.05) is 42.1 Å². The van der Waals surface area contributed by atoms with E-state index in [1.807, 2.05) is 30.3 Å². The first-order valence-electron chi connectivity index (χ1n) is 10.0. The number of carbonyl (C=O) groups excluding carboxylic acids is 1. The maximum absolute atomic E-state index is 13.6. The average Bonchev–Trinajstić information content (AvgIpc) is 3.12. The third kappa shape index (κ3) is 4.17. The Kier molecular flexibility index (Phi) is 6.26. The number of thiophene rings is 1. The Balaban J connectivity index is 1.80. The van der Waals surface area contributed by atoms with Crippen LogP contribution < -0.4 is 5.56 Å². The number of benzene rings is 1. The smallest absolute Gasteiger partial charge is 0.316 e. The first-order chi connectivity index (χ1) is 14.5. The molecule has 1 aliphatic heterocycles. The van der Waals surface area contributed by atoms with Gasteiger partial charge < -0.3 is 4.74 Å². The lowest BCUT2D eigenvalue weighted by Crippen LogP contribution is -2.35. The lowest BCUT2D eigenvalue weighted by molar-refractivity contribution is -0.137. The van der Waals surface area contributed by atoms with Crippen LogP contribution in [0.5, 0.6) is 0 Å². The van der Waals surface area contributed by atoms with Crippen LogP contribution in [-0.2, 0) is 29.0 Å². The zero-order valence-electron chi connectivity index (χ0n) is 17.4. The molecule has 0 unspecified atom stereocenters. The van der Waals surface area contributed by atoms with Crippen LogP contribution in [0.4, 0.5) is 0 Å². The van der Waals surface area contributed by atoms with Gasteiger partial charge in [0.1, 0.15) is 4.83 Å². The van der Waals surface area contributed by atoms with Gasteiger partial charge in [0.25, 0.3) is 5.56 Å². The van der Waals surface area contributed by atoms with Gasteiger partial charge in [-0.15, -0.1) is 11.3 Å². The molecule has 0 bridgehead atoms. The normalized spacial score (nSPS) is 14.3. The Hall–Kier alpha value is -2.16. The van der Waals surface area contributed by atoms with Gasteiger partial charge in [-0.3, -0.25) is 19.1 Å². The first-order valence-corrected chi connectivity index (χ1v) is 11.8. The van der Waals surface area contributed by atoms with E-state index in [9.17, 15) is 9.59 Å². The van der Waals surface area contributed by atoms with Crippen molar-refractivity contribution in [1.29, 1.82) is 0 Å². The van der Waals surface area contributed by atoms with E-state index in [2.05, 4.69) is 18.7 Å². The van der Waals surface area contributed by atoms with Crippen LogP contribution in [0.15, 0.2) is 40.3 Å². The summed E-state index contributed by atoms with van der Waals surface area (Å²) in [4.78, 5) is 34.6. The van der Waals surface area contributed by atoms with E-state index in [-0.39, 0.29) is 17.3 Å². The number of aromatic nitrogens is 2. The summed E-state index contributed by atoms with van der Waals surface area (Å²) in [5.74, 6) is -0.214. The van der Waals surface area contributed by atoms with Crippen LogP contribution >= 0.6 is 23.1 Å². The van der Waals surface area contributed by atoms with Gasteiger partial charge in [-0.2, -0.15) is 0 Å². The largest absolute Gasteiger partial charge is 0.468 e. The number of esters is 1. The van der Waals surface area contributed by atoms with E-state index in [0.29, 0.717) is 17.7 Å². The van der Waals surface area contributed by atoms with Gasteiger partial charge in [0.15, 0.2) is 5.16 Å². The molecule has 0 spiro atoms. The van der Waals surface area contributed by atoms with Gasteiger partial charge in [0, 0.05) is 24.0 Å². The van der Waals surface area contributed by atoms with Crippen molar-refractivity contribution in [2.24, 2.45) is 0 Å². The molecular formula is C22H25N3O3S2. The standard InChI is InChI=1S/C22H25N3O3S2/c1-14(2)24-10-9-16-17(12-24)30-20-19(16)21(27)25(11-15-7-5-4-6-8-15)22(23-20)29-13-18(26)28-3/h4-8,14H,9-13H2,1-3H3. The Morgan fingerprint density at radius 2 is 2.07 bits per heavy atom. The number of nitrogens with zero attached hydrogens (tertiary/aromatic N) is 3. The molecule has 0 N–H and O–H groups in total. The van der Waals surface area contributed by atoms with Crippen LogP contribution in [0.2, 0.25) is 0 Å². The molecule has 158 valence electrons. The number of hydrogen-bond donors (Lipinski definition) is 0.